The summed E-state index contributed by atoms with van der Waals surface area (Å²) in [4.78, 5) is 8.95. The lowest BCUT2D eigenvalue weighted by atomic mass is 10.1. The number of hydrogen-bond donors (Lipinski definition) is 1. The second-order valence-corrected chi connectivity index (χ2v) is 5.93. The third-order valence-corrected chi connectivity index (χ3v) is 3.99. The minimum atomic E-state index is -0.449. The molecule has 3 rings (SSSR count). The van der Waals surface area contributed by atoms with Gasteiger partial charge in [0.1, 0.15) is 11.6 Å². The van der Waals surface area contributed by atoms with Crippen molar-refractivity contribution in [1.82, 2.24) is 9.97 Å². The van der Waals surface area contributed by atoms with Crippen molar-refractivity contribution in [2.45, 2.75) is 5.16 Å². The molecule has 1 heterocycles. The van der Waals surface area contributed by atoms with Crippen LogP contribution in [0.1, 0.15) is 0 Å². The highest BCUT2D eigenvalue weighted by Crippen LogP contribution is 2.26. The molecule has 0 aliphatic heterocycles. The molecule has 23 heavy (non-hydrogen) atoms. The zero-order valence-electron chi connectivity index (χ0n) is 12.3. The number of nitrogens with one attached hydrogen (secondary N) is 1. The molecule has 0 atom stereocenters. The molecule has 0 aliphatic rings. The van der Waals surface area contributed by atoms with Crippen molar-refractivity contribution in [3.05, 3.63) is 65.4 Å². The van der Waals surface area contributed by atoms with Gasteiger partial charge in [-0.2, -0.15) is 0 Å². The van der Waals surface area contributed by atoms with Crippen molar-refractivity contribution in [3.63, 3.8) is 0 Å². The zero-order valence-corrected chi connectivity index (χ0v) is 13.8. The molecule has 0 radical (unpaired) electrons. The largest absolute Gasteiger partial charge is 0.340 e. The number of hydrogen-bond acceptors (Lipinski definition) is 4. The standard InChI is InChI=1S/C17H13ClFN3S/c1-23-17-21-15(11-5-3-2-4-6-11)10-16(22-17)20-12-7-8-14(19)13(18)9-12/h2-10H,1H3,(H,20,21,22). The van der Waals surface area contributed by atoms with Crippen molar-refractivity contribution in [2.24, 2.45) is 0 Å². The van der Waals surface area contributed by atoms with Crippen LogP contribution in [0.25, 0.3) is 11.3 Å². The Morgan fingerprint density at radius 2 is 1.83 bits per heavy atom. The Hall–Kier alpha value is -2.11. The number of halogens is 2. The summed E-state index contributed by atoms with van der Waals surface area (Å²) in [5, 5.41) is 3.86. The van der Waals surface area contributed by atoms with Gasteiger partial charge in [-0.15, -0.1) is 0 Å². The molecule has 116 valence electrons. The van der Waals surface area contributed by atoms with E-state index in [0.29, 0.717) is 16.7 Å². The highest BCUT2D eigenvalue weighted by atomic mass is 35.5. The molecule has 0 amide bonds. The lowest BCUT2D eigenvalue weighted by molar-refractivity contribution is 0.628. The highest BCUT2D eigenvalue weighted by molar-refractivity contribution is 7.98. The van der Waals surface area contributed by atoms with Gasteiger partial charge in [0.05, 0.1) is 10.7 Å². The molecule has 3 aromatic rings. The summed E-state index contributed by atoms with van der Waals surface area (Å²) in [5.74, 6) is 0.181. The molecule has 2 aromatic carbocycles. The summed E-state index contributed by atoms with van der Waals surface area (Å²) in [6, 6.07) is 16.2. The SMILES string of the molecule is CSc1nc(Nc2ccc(F)c(Cl)c2)cc(-c2ccccc2)n1. The summed E-state index contributed by atoms with van der Waals surface area (Å²) >= 11 is 7.27. The zero-order chi connectivity index (χ0) is 16.2. The van der Waals surface area contributed by atoms with Crippen LogP contribution in [0.15, 0.2) is 59.8 Å². The molecule has 0 saturated heterocycles. The Morgan fingerprint density at radius 3 is 2.52 bits per heavy atom. The summed E-state index contributed by atoms with van der Waals surface area (Å²) in [7, 11) is 0. The Morgan fingerprint density at radius 1 is 1.04 bits per heavy atom. The van der Waals surface area contributed by atoms with Gasteiger partial charge in [-0.1, -0.05) is 53.7 Å². The molecular weight excluding hydrogens is 333 g/mol. The van der Waals surface area contributed by atoms with Gasteiger partial charge in [0.15, 0.2) is 5.16 Å². The fraction of sp³-hybridized carbons (Fsp3) is 0.0588. The lowest BCUT2D eigenvalue weighted by Crippen LogP contribution is -1.98. The van der Waals surface area contributed by atoms with Gasteiger partial charge in [-0.05, 0) is 24.5 Å². The molecule has 0 fully saturated rings. The van der Waals surface area contributed by atoms with E-state index in [-0.39, 0.29) is 5.02 Å². The molecular formula is C17H13ClFN3S. The monoisotopic (exact) mass is 345 g/mol. The van der Waals surface area contributed by atoms with Crippen LogP contribution in [-0.2, 0) is 0 Å². The first kappa shape index (κ1) is 15.8. The molecule has 0 bridgehead atoms. The summed E-state index contributed by atoms with van der Waals surface area (Å²) in [6.45, 7) is 0. The Balaban J connectivity index is 1.97. The quantitative estimate of drug-likeness (QED) is 0.507. The van der Waals surface area contributed by atoms with Gasteiger partial charge >= 0.3 is 0 Å². The van der Waals surface area contributed by atoms with E-state index in [1.165, 1.54) is 23.9 Å². The second-order valence-electron chi connectivity index (χ2n) is 4.75. The Labute approximate surface area is 142 Å². The molecule has 6 heteroatoms. The number of anilines is 2. The van der Waals surface area contributed by atoms with Gasteiger partial charge in [-0.25, -0.2) is 14.4 Å². The van der Waals surface area contributed by atoms with Crippen LogP contribution in [0.3, 0.4) is 0 Å². The lowest BCUT2D eigenvalue weighted by Gasteiger charge is -2.10. The normalized spacial score (nSPS) is 10.6. The third-order valence-electron chi connectivity index (χ3n) is 3.15. The van der Waals surface area contributed by atoms with E-state index in [0.717, 1.165) is 11.3 Å². The predicted octanol–water partition coefficient (Wildman–Crippen LogP) is 5.40. The van der Waals surface area contributed by atoms with Crippen LogP contribution in [0.2, 0.25) is 5.02 Å². The van der Waals surface area contributed by atoms with Gasteiger partial charge in [-0.3, -0.25) is 0 Å². The van der Waals surface area contributed by atoms with Crippen molar-refractivity contribution in [1.29, 1.82) is 0 Å². The van der Waals surface area contributed by atoms with Crippen LogP contribution in [0.5, 0.6) is 0 Å². The maximum absolute atomic E-state index is 13.3. The summed E-state index contributed by atoms with van der Waals surface area (Å²) < 4.78 is 13.3. The van der Waals surface area contributed by atoms with Crippen molar-refractivity contribution in [3.8, 4) is 11.3 Å². The molecule has 0 spiro atoms. The summed E-state index contributed by atoms with van der Waals surface area (Å²) in [5.41, 5.74) is 2.49. The van der Waals surface area contributed by atoms with E-state index in [4.69, 9.17) is 11.6 Å². The van der Waals surface area contributed by atoms with Gasteiger partial charge < -0.3 is 5.32 Å². The maximum Gasteiger partial charge on any atom is 0.189 e. The molecule has 3 nitrogen and oxygen atoms in total. The van der Waals surface area contributed by atoms with Gasteiger partial charge in [0.25, 0.3) is 0 Å². The van der Waals surface area contributed by atoms with Crippen LogP contribution in [0, 0.1) is 5.82 Å². The molecule has 1 aromatic heterocycles. The van der Waals surface area contributed by atoms with E-state index < -0.39 is 5.82 Å². The summed E-state index contributed by atoms with van der Waals surface area (Å²) in [6.07, 6.45) is 1.92. The minimum Gasteiger partial charge on any atom is -0.340 e. The van der Waals surface area contributed by atoms with Crippen molar-refractivity contribution < 1.29 is 4.39 Å². The van der Waals surface area contributed by atoms with Crippen LogP contribution in [0.4, 0.5) is 15.9 Å². The predicted molar refractivity (Wildman–Crippen MR) is 93.9 cm³/mol. The van der Waals surface area contributed by atoms with Gasteiger partial charge in [0, 0.05) is 17.3 Å². The molecule has 0 saturated carbocycles. The van der Waals surface area contributed by atoms with Crippen molar-refractivity contribution >= 4 is 34.9 Å². The third kappa shape index (κ3) is 3.81. The fourth-order valence-corrected chi connectivity index (χ4v) is 2.62. The fourth-order valence-electron chi connectivity index (χ4n) is 2.06. The molecule has 1 N–H and O–H groups in total. The smallest absolute Gasteiger partial charge is 0.189 e. The number of aromatic nitrogens is 2. The Bertz CT molecular complexity index is 827. The van der Waals surface area contributed by atoms with E-state index in [9.17, 15) is 4.39 Å². The number of thioether (sulfide) groups is 1. The first-order valence-corrected chi connectivity index (χ1v) is 8.46. The second kappa shape index (κ2) is 6.98. The van der Waals surface area contributed by atoms with Crippen LogP contribution >= 0.6 is 23.4 Å². The van der Waals surface area contributed by atoms with E-state index in [1.54, 1.807) is 6.07 Å². The Kier molecular flexibility index (Phi) is 4.79. The molecule has 0 unspecified atom stereocenters. The highest BCUT2D eigenvalue weighted by Gasteiger charge is 2.07. The van der Waals surface area contributed by atoms with E-state index >= 15 is 0 Å². The minimum absolute atomic E-state index is 0.0671. The van der Waals surface area contributed by atoms with Crippen LogP contribution < -0.4 is 5.32 Å². The number of nitrogens with zero attached hydrogens (tertiary/aromatic N) is 2. The maximum atomic E-state index is 13.3. The first-order valence-electron chi connectivity index (χ1n) is 6.86. The average molecular weight is 346 g/mol. The average Bonchev–Trinajstić information content (AvgIpc) is 2.58. The van der Waals surface area contributed by atoms with Crippen LogP contribution in [-0.4, -0.2) is 16.2 Å². The topological polar surface area (TPSA) is 37.8 Å². The van der Waals surface area contributed by atoms with Crippen molar-refractivity contribution in [2.75, 3.05) is 11.6 Å². The molecule has 0 aliphatic carbocycles. The van der Waals surface area contributed by atoms with Gasteiger partial charge in [0.2, 0.25) is 0 Å². The van der Waals surface area contributed by atoms with E-state index in [2.05, 4.69) is 15.3 Å². The first-order chi connectivity index (χ1) is 11.2. The number of rotatable bonds is 4. The number of benzene rings is 2. The van der Waals surface area contributed by atoms with E-state index in [1.807, 2.05) is 42.7 Å².